The lowest BCUT2D eigenvalue weighted by Gasteiger charge is -2.39. The lowest BCUT2D eigenvalue weighted by Crippen LogP contribution is -2.53. The second-order valence-electron chi connectivity index (χ2n) is 7.18. The maximum atomic E-state index is 11.6. The Labute approximate surface area is 112 Å². The molecule has 0 spiro atoms. The van der Waals surface area contributed by atoms with Gasteiger partial charge in [-0.05, 0) is 50.9 Å². The lowest BCUT2D eigenvalue weighted by molar-refractivity contribution is -0.147. The fraction of sp³-hybridized carbons (Fsp3) is 0.933. The molecule has 0 radical (unpaired) electrons. The fourth-order valence-electron chi connectivity index (χ4n) is 2.93. The molecule has 1 saturated carbocycles. The Morgan fingerprint density at radius 2 is 1.56 bits per heavy atom. The average molecular weight is 255 g/mol. The molecule has 1 fully saturated rings. The third-order valence-electron chi connectivity index (χ3n) is 4.21. The summed E-state index contributed by atoms with van der Waals surface area (Å²) in [4.78, 5) is 11.6. The quantitative estimate of drug-likeness (QED) is 0.787. The van der Waals surface area contributed by atoms with Crippen LogP contribution in [-0.2, 0) is 9.53 Å². The minimum Gasteiger partial charge on any atom is -0.468 e. The molecule has 3 nitrogen and oxygen atoms in total. The Hall–Kier alpha value is -0.570. The van der Waals surface area contributed by atoms with Crippen molar-refractivity contribution in [2.45, 2.75) is 71.9 Å². The minimum atomic E-state index is -0.575. The molecule has 0 aromatic heterocycles. The van der Waals surface area contributed by atoms with Gasteiger partial charge in [0.2, 0.25) is 0 Å². The molecule has 3 heteroatoms. The highest BCUT2D eigenvalue weighted by Crippen LogP contribution is 2.38. The molecule has 0 aromatic carbocycles. The smallest absolute Gasteiger partial charge is 0.325 e. The number of hydrogen-bond donors (Lipinski definition) is 1. The van der Waals surface area contributed by atoms with Crippen LogP contribution in [0.15, 0.2) is 0 Å². The first-order chi connectivity index (χ1) is 8.16. The number of ether oxygens (including phenoxy) is 1. The van der Waals surface area contributed by atoms with Crippen molar-refractivity contribution in [1.82, 2.24) is 5.32 Å². The predicted molar refractivity (Wildman–Crippen MR) is 74.4 cm³/mol. The Balaban J connectivity index is 2.47. The molecular formula is C15H29NO2. The number of carbonyl (C=O) groups is 1. The topological polar surface area (TPSA) is 38.3 Å². The van der Waals surface area contributed by atoms with Gasteiger partial charge in [0, 0.05) is 6.04 Å². The third kappa shape index (κ3) is 3.98. The van der Waals surface area contributed by atoms with Crippen LogP contribution in [0, 0.1) is 11.3 Å². The van der Waals surface area contributed by atoms with Crippen LogP contribution in [0.3, 0.4) is 0 Å². The van der Waals surface area contributed by atoms with E-state index >= 15 is 0 Å². The number of carbonyl (C=O) groups excluding carboxylic acids is 1. The van der Waals surface area contributed by atoms with Gasteiger partial charge >= 0.3 is 5.97 Å². The Bertz CT molecular complexity index is 283. The maximum Gasteiger partial charge on any atom is 0.325 e. The van der Waals surface area contributed by atoms with Gasteiger partial charge in [-0.3, -0.25) is 10.1 Å². The zero-order valence-corrected chi connectivity index (χ0v) is 12.8. The van der Waals surface area contributed by atoms with Crippen LogP contribution < -0.4 is 5.32 Å². The van der Waals surface area contributed by atoms with Crippen molar-refractivity contribution in [2.24, 2.45) is 11.3 Å². The Morgan fingerprint density at radius 3 is 1.94 bits per heavy atom. The monoisotopic (exact) mass is 255 g/mol. The summed E-state index contributed by atoms with van der Waals surface area (Å²) in [6, 6.07) is 0.442. The van der Waals surface area contributed by atoms with E-state index in [2.05, 4.69) is 26.1 Å². The molecule has 1 rings (SSSR count). The first-order valence-corrected chi connectivity index (χ1v) is 7.03. The van der Waals surface area contributed by atoms with Crippen molar-refractivity contribution in [3.05, 3.63) is 0 Å². The highest BCUT2D eigenvalue weighted by atomic mass is 16.5. The Morgan fingerprint density at radius 1 is 1.06 bits per heavy atom. The summed E-state index contributed by atoms with van der Waals surface area (Å²) >= 11 is 0. The van der Waals surface area contributed by atoms with Gasteiger partial charge in [-0.1, -0.05) is 20.8 Å². The SMILES string of the molecule is COC(=O)C(C)(C)NC1CCC(C(C)(C)C)CC1. The van der Waals surface area contributed by atoms with Gasteiger partial charge in [0.1, 0.15) is 5.54 Å². The highest BCUT2D eigenvalue weighted by Gasteiger charge is 2.35. The second-order valence-corrected chi connectivity index (χ2v) is 7.18. The van der Waals surface area contributed by atoms with Crippen LogP contribution >= 0.6 is 0 Å². The zero-order valence-electron chi connectivity index (χ0n) is 12.8. The summed E-state index contributed by atoms with van der Waals surface area (Å²) in [5, 5.41) is 3.44. The van der Waals surface area contributed by atoms with E-state index in [-0.39, 0.29) is 5.97 Å². The van der Waals surface area contributed by atoms with Crippen LogP contribution in [-0.4, -0.2) is 24.7 Å². The molecule has 0 heterocycles. The van der Waals surface area contributed by atoms with E-state index < -0.39 is 5.54 Å². The summed E-state index contributed by atoms with van der Waals surface area (Å²) in [6.45, 7) is 10.8. The molecule has 1 aliphatic carbocycles. The van der Waals surface area contributed by atoms with Crippen molar-refractivity contribution in [3.8, 4) is 0 Å². The number of esters is 1. The highest BCUT2D eigenvalue weighted by molar-refractivity contribution is 5.79. The van der Waals surface area contributed by atoms with Crippen LogP contribution in [0.4, 0.5) is 0 Å². The van der Waals surface area contributed by atoms with E-state index in [4.69, 9.17) is 4.74 Å². The maximum absolute atomic E-state index is 11.6. The molecule has 0 saturated heterocycles. The number of methoxy groups -OCH3 is 1. The van der Waals surface area contributed by atoms with Crippen LogP contribution in [0.2, 0.25) is 0 Å². The van der Waals surface area contributed by atoms with Gasteiger partial charge < -0.3 is 4.74 Å². The molecule has 1 aliphatic rings. The van der Waals surface area contributed by atoms with Crippen LogP contribution in [0.1, 0.15) is 60.3 Å². The standard InChI is InChI=1S/C15H29NO2/c1-14(2,3)11-7-9-12(10-8-11)16-15(4,5)13(17)18-6/h11-12,16H,7-10H2,1-6H3. The number of rotatable bonds is 3. The fourth-order valence-corrected chi connectivity index (χ4v) is 2.93. The largest absolute Gasteiger partial charge is 0.468 e. The van der Waals surface area contributed by atoms with Gasteiger partial charge in [-0.2, -0.15) is 0 Å². The molecule has 0 aliphatic heterocycles. The van der Waals surface area contributed by atoms with Crippen molar-refractivity contribution in [2.75, 3.05) is 7.11 Å². The molecule has 0 amide bonds. The minimum absolute atomic E-state index is 0.180. The summed E-state index contributed by atoms with van der Waals surface area (Å²) in [6.07, 6.45) is 4.81. The van der Waals surface area contributed by atoms with Gasteiger partial charge in [-0.15, -0.1) is 0 Å². The summed E-state index contributed by atoms with van der Waals surface area (Å²) in [5.74, 6) is 0.622. The van der Waals surface area contributed by atoms with Gasteiger partial charge in [0.05, 0.1) is 7.11 Å². The van der Waals surface area contributed by atoms with E-state index in [1.165, 1.54) is 20.0 Å². The summed E-state index contributed by atoms with van der Waals surface area (Å²) in [5.41, 5.74) is -0.170. The molecule has 0 atom stereocenters. The molecule has 0 unspecified atom stereocenters. The first-order valence-electron chi connectivity index (χ1n) is 7.03. The Kier molecular flexibility index (Phi) is 4.82. The van der Waals surface area contributed by atoms with E-state index in [1.807, 2.05) is 13.8 Å². The van der Waals surface area contributed by atoms with Gasteiger partial charge in [0.25, 0.3) is 0 Å². The van der Waals surface area contributed by atoms with Gasteiger partial charge in [0.15, 0.2) is 0 Å². The lowest BCUT2D eigenvalue weighted by atomic mass is 9.71. The number of hydrogen-bond acceptors (Lipinski definition) is 3. The van der Waals surface area contributed by atoms with E-state index in [0.717, 1.165) is 18.8 Å². The van der Waals surface area contributed by atoms with Crippen molar-refractivity contribution in [3.63, 3.8) is 0 Å². The molecule has 18 heavy (non-hydrogen) atoms. The predicted octanol–water partition coefficient (Wildman–Crippen LogP) is 3.13. The van der Waals surface area contributed by atoms with Crippen molar-refractivity contribution in [1.29, 1.82) is 0 Å². The van der Waals surface area contributed by atoms with Gasteiger partial charge in [-0.25, -0.2) is 0 Å². The normalized spacial score (nSPS) is 25.9. The van der Waals surface area contributed by atoms with Crippen LogP contribution in [0.5, 0.6) is 0 Å². The first kappa shape index (κ1) is 15.5. The molecule has 0 aromatic rings. The van der Waals surface area contributed by atoms with Crippen molar-refractivity contribution >= 4 is 5.97 Å². The molecule has 106 valence electrons. The average Bonchev–Trinajstić information content (AvgIpc) is 2.26. The molecular weight excluding hydrogens is 226 g/mol. The number of nitrogens with one attached hydrogen (secondary N) is 1. The van der Waals surface area contributed by atoms with E-state index in [1.54, 1.807) is 0 Å². The zero-order chi connectivity index (χ0) is 14.0. The van der Waals surface area contributed by atoms with Crippen molar-refractivity contribution < 1.29 is 9.53 Å². The summed E-state index contributed by atoms with van der Waals surface area (Å²) in [7, 11) is 1.45. The summed E-state index contributed by atoms with van der Waals surface area (Å²) < 4.78 is 4.83. The van der Waals surface area contributed by atoms with E-state index in [9.17, 15) is 4.79 Å². The van der Waals surface area contributed by atoms with Crippen LogP contribution in [0.25, 0.3) is 0 Å². The third-order valence-corrected chi connectivity index (χ3v) is 4.21. The van der Waals surface area contributed by atoms with E-state index in [0.29, 0.717) is 11.5 Å². The molecule has 0 bridgehead atoms. The molecule has 1 N–H and O–H groups in total. The second kappa shape index (κ2) is 5.60.